The zero-order valence-corrected chi connectivity index (χ0v) is 14.7. The van der Waals surface area contributed by atoms with E-state index in [1.165, 1.54) is 11.3 Å². The van der Waals surface area contributed by atoms with Crippen molar-refractivity contribution in [3.63, 3.8) is 0 Å². The van der Waals surface area contributed by atoms with E-state index < -0.39 is 0 Å². The van der Waals surface area contributed by atoms with E-state index in [1.807, 2.05) is 48.6 Å². The lowest BCUT2D eigenvalue weighted by Crippen LogP contribution is -2.20. The topological polar surface area (TPSA) is 73.8 Å². The van der Waals surface area contributed by atoms with Gasteiger partial charge in [-0.1, -0.05) is 6.07 Å². The van der Waals surface area contributed by atoms with Gasteiger partial charge in [0.2, 0.25) is 5.91 Å². The van der Waals surface area contributed by atoms with Gasteiger partial charge in [-0.2, -0.15) is 5.10 Å². The Morgan fingerprint density at radius 3 is 2.46 bits per heavy atom. The molecule has 2 amide bonds. The number of hydrogen-bond acceptors (Lipinski definition) is 5. The summed E-state index contributed by atoms with van der Waals surface area (Å²) in [4.78, 5) is 26.3. The van der Waals surface area contributed by atoms with Crippen molar-refractivity contribution >= 4 is 40.2 Å². The van der Waals surface area contributed by atoms with E-state index in [2.05, 4.69) is 15.8 Å². The van der Waals surface area contributed by atoms with Crippen molar-refractivity contribution in [2.75, 3.05) is 24.3 Å². The highest BCUT2D eigenvalue weighted by atomic mass is 32.1. The first-order valence-corrected chi connectivity index (χ1v) is 8.28. The molecule has 0 aliphatic heterocycles. The van der Waals surface area contributed by atoms with Crippen LogP contribution in [0.15, 0.2) is 46.9 Å². The van der Waals surface area contributed by atoms with Crippen molar-refractivity contribution in [3.05, 3.63) is 46.7 Å². The Hall–Kier alpha value is -2.67. The van der Waals surface area contributed by atoms with E-state index in [-0.39, 0.29) is 18.2 Å². The lowest BCUT2D eigenvalue weighted by molar-refractivity contribution is -0.115. The molecule has 1 heterocycles. The van der Waals surface area contributed by atoms with Crippen LogP contribution in [0.3, 0.4) is 0 Å². The summed E-state index contributed by atoms with van der Waals surface area (Å²) in [6.07, 6.45) is 0.111. The minimum Gasteiger partial charge on any atom is -0.378 e. The molecule has 6 nitrogen and oxygen atoms in total. The molecular formula is C17H20N4O2S. The lowest BCUT2D eigenvalue weighted by atomic mass is 10.2. The highest BCUT2D eigenvalue weighted by Crippen LogP contribution is 2.15. The van der Waals surface area contributed by atoms with Crippen LogP contribution in [0.25, 0.3) is 0 Å². The largest absolute Gasteiger partial charge is 0.378 e. The van der Waals surface area contributed by atoms with Crippen LogP contribution in [0.2, 0.25) is 0 Å². The average molecular weight is 344 g/mol. The normalized spacial score (nSPS) is 11.0. The summed E-state index contributed by atoms with van der Waals surface area (Å²) >= 11 is 1.34. The second-order valence-corrected chi connectivity index (χ2v) is 6.38. The van der Waals surface area contributed by atoms with Crippen molar-refractivity contribution in [1.82, 2.24) is 5.43 Å². The first-order valence-electron chi connectivity index (χ1n) is 7.40. The van der Waals surface area contributed by atoms with Gasteiger partial charge < -0.3 is 10.2 Å². The van der Waals surface area contributed by atoms with E-state index in [9.17, 15) is 9.59 Å². The molecule has 0 unspecified atom stereocenters. The number of hydrazone groups is 1. The summed E-state index contributed by atoms with van der Waals surface area (Å²) in [6, 6.07) is 11.1. The standard InChI is InChI=1S/C17H20N4O2S/c1-12(19-20-17(23)15-5-4-10-24-15)11-16(22)18-13-6-8-14(9-7-13)21(2)3/h4-10H,11H2,1-3H3,(H,18,22)(H,20,23)/b19-12-. The van der Waals surface area contributed by atoms with Crippen LogP contribution in [-0.2, 0) is 4.79 Å². The first-order chi connectivity index (χ1) is 11.5. The highest BCUT2D eigenvalue weighted by Gasteiger charge is 2.07. The smallest absolute Gasteiger partial charge is 0.281 e. The molecule has 0 bridgehead atoms. The number of nitrogens with zero attached hydrogens (tertiary/aromatic N) is 2. The zero-order valence-electron chi connectivity index (χ0n) is 13.9. The fourth-order valence-corrected chi connectivity index (χ4v) is 2.54. The molecule has 0 saturated carbocycles. The van der Waals surface area contributed by atoms with Gasteiger partial charge in [-0.05, 0) is 42.6 Å². The van der Waals surface area contributed by atoms with Gasteiger partial charge in [0, 0.05) is 31.2 Å². The molecular weight excluding hydrogens is 324 g/mol. The van der Waals surface area contributed by atoms with Gasteiger partial charge in [-0.15, -0.1) is 11.3 Å². The number of rotatable bonds is 6. The molecule has 0 radical (unpaired) electrons. The van der Waals surface area contributed by atoms with Gasteiger partial charge in [-0.3, -0.25) is 9.59 Å². The fourth-order valence-electron chi connectivity index (χ4n) is 1.93. The average Bonchev–Trinajstić information content (AvgIpc) is 3.07. The molecule has 0 fully saturated rings. The third-order valence-electron chi connectivity index (χ3n) is 3.18. The molecule has 0 atom stereocenters. The van der Waals surface area contributed by atoms with Crippen molar-refractivity contribution in [2.24, 2.45) is 5.10 Å². The van der Waals surface area contributed by atoms with Crippen LogP contribution in [0, 0.1) is 0 Å². The molecule has 126 valence electrons. The fraction of sp³-hybridized carbons (Fsp3) is 0.235. The van der Waals surface area contributed by atoms with Gasteiger partial charge in [0.15, 0.2) is 0 Å². The summed E-state index contributed by atoms with van der Waals surface area (Å²) in [7, 11) is 3.91. The van der Waals surface area contributed by atoms with E-state index in [4.69, 9.17) is 0 Å². The van der Waals surface area contributed by atoms with Gasteiger partial charge in [-0.25, -0.2) is 5.43 Å². The van der Waals surface area contributed by atoms with Crippen molar-refractivity contribution in [2.45, 2.75) is 13.3 Å². The third-order valence-corrected chi connectivity index (χ3v) is 4.05. The van der Waals surface area contributed by atoms with Gasteiger partial charge in [0.25, 0.3) is 5.91 Å². The van der Waals surface area contributed by atoms with Crippen molar-refractivity contribution < 1.29 is 9.59 Å². The monoisotopic (exact) mass is 344 g/mol. The number of nitrogens with one attached hydrogen (secondary N) is 2. The van der Waals surface area contributed by atoms with E-state index in [0.717, 1.165) is 11.4 Å². The maximum atomic E-state index is 12.0. The van der Waals surface area contributed by atoms with Crippen LogP contribution in [0.5, 0.6) is 0 Å². The number of anilines is 2. The number of benzene rings is 1. The van der Waals surface area contributed by atoms with E-state index in [1.54, 1.807) is 19.1 Å². The molecule has 2 N–H and O–H groups in total. The molecule has 1 aromatic heterocycles. The van der Waals surface area contributed by atoms with Crippen LogP contribution in [-0.4, -0.2) is 31.6 Å². The number of carbonyl (C=O) groups excluding carboxylic acids is 2. The molecule has 1 aromatic carbocycles. The Balaban J connectivity index is 1.84. The summed E-state index contributed by atoms with van der Waals surface area (Å²) in [5.74, 6) is -0.455. The zero-order chi connectivity index (χ0) is 17.5. The Bertz CT molecular complexity index is 722. The molecule has 2 rings (SSSR count). The number of carbonyl (C=O) groups is 2. The quantitative estimate of drug-likeness (QED) is 0.625. The molecule has 2 aromatic rings. The Labute approximate surface area is 145 Å². The minimum atomic E-state index is -0.274. The van der Waals surface area contributed by atoms with Crippen molar-refractivity contribution in [3.8, 4) is 0 Å². The highest BCUT2D eigenvalue weighted by molar-refractivity contribution is 7.12. The minimum absolute atomic E-state index is 0.111. The summed E-state index contributed by atoms with van der Waals surface area (Å²) in [6.45, 7) is 1.70. The van der Waals surface area contributed by atoms with E-state index in [0.29, 0.717) is 10.6 Å². The maximum Gasteiger partial charge on any atom is 0.281 e. The Morgan fingerprint density at radius 2 is 1.88 bits per heavy atom. The number of thiophene rings is 1. The summed E-state index contributed by atoms with van der Waals surface area (Å²) in [5.41, 5.74) is 4.76. The summed E-state index contributed by atoms with van der Waals surface area (Å²) in [5, 5.41) is 8.58. The Morgan fingerprint density at radius 1 is 1.17 bits per heavy atom. The lowest BCUT2D eigenvalue weighted by Gasteiger charge is -2.13. The first kappa shape index (κ1) is 17.7. The van der Waals surface area contributed by atoms with Gasteiger partial charge >= 0.3 is 0 Å². The molecule has 0 aliphatic carbocycles. The Kier molecular flexibility index (Phi) is 6.08. The molecule has 24 heavy (non-hydrogen) atoms. The SMILES string of the molecule is C/C(CC(=O)Nc1ccc(N(C)C)cc1)=N/NC(=O)c1cccs1. The second kappa shape index (κ2) is 8.26. The van der Waals surface area contributed by atoms with Crippen LogP contribution >= 0.6 is 11.3 Å². The van der Waals surface area contributed by atoms with Gasteiger partial charge in [0.05, 0.1) is 11.3 Å². The second-order valence-electron chi connectivity index (χ2n) is 5.43. The maximum absolute atomic E-state index is 12.0. The number of amides is 2. The summed E-state index contributed by atoms with van der Waals surface area (Å²) < 4.78 is 0. The molecule has 0 saturated heterocycles. The number of hydrogen-bond donors (Lipinski definition) is 2. The predicted molar refractivity (Wildman–Crippen MR) is 98.9 cm³/mol. The third kappa shape index (κ3) is 5.20. The molecule has 7 heteroatoms. The molecule has 0 spiro atoms. The van der Waals surface area contributed by atoms with Crippen LogP contribution < -0.4 is 15.6 Å². The van der Waals surface area contributed by atoms with Crippen LogP contribution in [0.4, 0.5) is 11.4 Å². The predicted octanol–water partition coefficient (Wildman–Crippen LogP) is 2.95. The molecule has 0 aliphatic rings. The van der Waals surface area contributed by atoms with Crippen molar-refractivity contribution in [1.29, 1.82) is 0 Å². The van der Waals surface area contributed by atoms with Crippen LogP contribution in [0.1, 0.15) is 23.0 Å². The van der Waals surface area contributed by atoms with E-state index >= 15 is 0 Å². The van der Waals surface area contributed by atoms with Gasteiger partial charge in [0.1, 0.15) is 0 Å².